The van der Waals surface area contributed by atoms with Gasteiger partial charge in [-0.15, -0.1) is 11.3 Å². The van der Waals surface area contributed by atoms with E-state index in [-0.39, 0.29) is 0 Å². The molecule has 7 heteroatoms. The lowest BCUT2D eigenvalue weighted by Crippen LogP contribution is -2.19. The molecule has 3 rings (SSSR count). The number of nitrogens with zero attached hydrogens (tertiary/aromatic N) is 2. The van der Waals surface area contributed by atoms with Gasteiger partial charge in [0.2, 0.25) is 0 Å². The molecule has 0 amide bonds. The van der Waals surface area contributed by atoms with Crippen molar-refractivity contribution in [3.05, 3.63) is 75.2 Å². The van der Waals surface area contributed by atoms with E-state index in [4.69, 9.17) is 19.6 Å². The zero-order chi connectivity index (χ0) is 23.5. The Hall–Kier alpha value is -2.06. The van der Waals surface area contributed by atoms with Gasteiger partial charge < -0.3 is 14.6 Å². The van der Waals surface area contributed by atoms with Crippen molar-refractivity contribution in [2.24, 2.45) is 0 Å². The summed E-state index contributed by atoms with van der Waals surface area (Å²) >= 11 is 3.72. The first-order valence-electron chi connectivity index (χ1n) is 10.5. The van der Waals surface area contributed by atoms with E-state index in [1.165, 1.54) is 21.0 Å². The molecule has 0 aliphatic heterocycles. The molecule has 5 nitrogen and oxygen atoms in total. The predicted octanol–water partition coefficient (Wildman–Crippen LogP) is 5.67. The van der Waals surface area contributed by atoms with Crippen molar-refractivity contribution in [3.8, 4) is 11.5 Å². The molecule has 3 aromatic rings. The van der Waals surface area contributed by atoms with Crippen LogP contribution in [0, 0.1) is 13.8 Å². The van der Waals surface area contributed by atoms with Gasteiger partial charge in [-0.05, 0) is 49.2 Å². The molecule has 32 heavy (non-hydrogen) atoms. The normalized spacial score (nSPS) is 11.6. The highest BCUT2D eigenvalue weighted by molar-refractivity contribution is 7.97. The first-order valence-corrected chi connectivity index (χ1v) is 12.2. The molecule has 174 valence electrons. The van der Waals surface area contributed by atoms with Gasteiger partial charge >= 0.3 is 0 Å². The Morgan fingerprint density at radius 2 is 1.38 bits per heavy atom. The van der Waals surface area contributed by atoms with Crippen molar-refractivity contribution in [2.45, 2.75) is 45.5 Å². The smallest absolute Gasteiger partial charge is 0.118 e. The highest BCUT2D eigenvalue weighted by atomic mass is 32.2. The number of hydrogen-bond acceptors (Lipinski definition) is 7. The number of hydrogen-bond donors (Lipinski definition) is 1. The fourth-order valence-electron chi connectivity index (χ4n) is 3.16. The van der Waals surface area contributed by atoms with Crippen molar-refractivity contribution in [3.63, 3.8) is 0 Å². The summed E-state index contributed by atoms with van der Waals surface area (Å²) in [6.45, 7) is 8.24. The Kier molecular flexibility index (Phi) is 11.0. The van der Waals surface area contributed by atoms with Crippen LogP contribution in [0.25, 0.3) is 0 Å². The van der Waals surface area contributed by atoms with Crippen molar-refractivity contribution in [1.29, 1.82) is 0 Å². The number of aromatic nitrogens is 1. The van der Waals surface area contributed by atoms with Gasteiger partial charge in [0.15, 0.2) is 0 Å². The van der Waals surface area contributed by atoms with Gasteiger partial charge in [0.1, 0.15) is 11.5 Å². The number of methoxy groups -OCH3 is 2. The van der Waals surface area contributed by atoms with Crippen molar-refractivity contribution < 1.29 is 14.6 Å². The Morgan fingerprint density at radius 3 is 1.75 bits per heavy atom. The number of aliphatic hydroxyl groups is 1. The standard InChI is InChI=1S/C24H30N2O2S2.CH4O/c1-17(14-24-25-18(2)19(3)29-24)30-26(15-20-6-10-22(27-4)11-7-20)16-21-8-12-23(28-5)13-9-21;1-2/h6-13,17H,14-16H2,1-5H3;2H,1H3. The van der Waals surface area contributed by atoms with Crippen LogP contribution in [0.4, 0.5) is 0 Å². The molecular formula is C25H34N2O3S2. The van der Waals surface area contributed by atoms with Crippen LogP contribution in [0.15, 0.2) is 48.5 Å². The third kappa shape index (κ3) is 8.13. The number of thiazole rings is 1. The molecule has 1 atom stereocenters. The summed E-state index contributed by atoms with van der Waals surface area (Å²) in [7, 11) is 4.40. The number of benzene rings is 2. The number of aliphatic hydroxyl groups excluding tert-OH is 1. The highest BCUT2D eigenvalue weighted by Crippen LogP contribution is 2.28. The maximum absolute atomic E-state index is 7.00. The topological polar surface area (TPSA) is 54.8 Å². The summed E-state index contributed by atoms with van der Waals surface area (Å²) < 4.78 is 13.0. The van der Waals surface area contributed by atoms with Gasteiger partial charge in [-0.1, -0.05) is 43.1 Å². The highest BCUT2D eigenvalue weighted by Gasteiger charge is 2.16. The summed E-state index contributed by atoms with van der Waals surface area (Å²) in [4.78, 5) is 6.04. The summed E-state index contributed by atoms with van der Waals surface area (Å²) in [5.41, 5.74) is 3.69. The van der Waals surface area contributed by atoms with Crippen LogP contribution in [0.2, 0.25) is 0 Å². The second kappa shape index (κ2) is 13.5. The van der Waals surface area contributed by atoms with Crippen LogP contribution < -0.4 is 9.47 Å². The van der Waals surface area contributed by atoms with Gasteiger partial charge in [0.05, 0.1) is 24.9 Å². The van der Waals surface area contributed by atoms with E-state index in [0.29, 0.717) is 5.25 Å². The van der Waals surface area contributed by atoms with E-state index >= 15 is 0 Å². The molecule has 0 radical (unpaired) electrons. The molecule has 0 spiro atoms. The van der Waals surface area contributed by atoms with E-state index in [1.54, 1.807) is 14.2 Å². The van der Waals surface area contributed by atoms with E-state index < -0.39 is 0 Å². The third-order valence-corrected chi connectivity index (χ3v) is 7.08. The molecule has 0 saturated heterocycles. The van der Waals surface area contributed by atoms with Crippen LogP contribution in [0.5, 0.6) is 11.5 Å². The second-order valence-corrected chi connectivity index (χ2v) is 10.2. The Bertz CT molecular complexity index is 858. The second-order valence-electron chi connectivity index (χ2n) is 7.36. The number of rotatable bonds is 10. The molecule has 1 N–H and O–H groups in total. The molecule has 1 unspecified atom stereocenters. The van der Waals surface area contributed by atoms with E-state index in [0.717, 1.165) is 43.8 Å². The summed E-state index contributed by atoms with van der Waals surface area (Å²) in [6, 6.07) is 16.6. The van der Waals surface area contributed by atoms with Crippen LogP contribution in [-0.4, -0.2) is 41.0 Å². The van der Waals surface area contributed by atoms with Crippen LogP contribution >= 0.6 is 23.3 Å². The molecule has 1 aromatic heterocycles. The van der Waals surface area contributed by atoms with Crippen molar-refractivity contribution in [1.82, 2.24) is 9.29 Å². The zero-order valence-electron chi connectivity index (χ0n) is 19.8. The minimum atomic E-state index is 0.437. The average Bonchev–Trinajstić information content (AvgIpc) is 3.12. The van der Waals surface area contributed by atoms with Crippen LogP contribution in [0.3, 0.4) is 0 Å². The van der Waals surface area contributed by atoms with Gasteiger partial charge in [-0.25, -0.2) is 9.29 Å². The maximum Gasteiger partial charge on any atom is 0.118 e. The van der Waals surface area contributed by atoms with Gasteiger partial charge in [0, 0.05) is 36.7 Å². The lowest BCUT2D eigenvalue weighted by molar-refractivity contribution is 0.399. The first kappa shape index (κ1) is 26.2. The Balaban J connectivity index is 0.00000176. The lowest BCUT2D eigenvalue weighted by atomic mass is 10.2. The maximum atomic E-state index is 7.00. The Morgan fingerprint density at radius 1 is 0.906 bits per heavy atom. The van der Waals surface area contributed by atoms with E-state index in [9.17, 15) is 0 Å². The number of aryl methyl sites for hydroxylation is 2. The summed E-state index contributed by atoms with van der Waals surface area (Å²) in [5.74, 6) is 1.77. The van der Waals surface area contributed by atoms with E-state index in [1.807, 2.05) is 47.6 Å². The SMILES string of the molecule is CO.COc1ccc(CN(Cc2ccc(OC)cc2)SC(C)Cc2nc(C)c(C)s2)cc1. The van der Waals surface area contributed by atoms with Gasteiger partial charge in [0.25, 0.3) is 0 Å². The molecule has 0 fully saturated rings. The lowest BCUT2D eigenvalue weighted by Gasteiger charge is -2.25. The van der Waals surface area contributed by atoms with Gasteiger partial charge in [-0.3, -0.25) is 0 Å². The molecule has 2 aromatic carbocycles. The molecular weight excluding hydrogens is 440 g/mol. The zero-order valence-corrected chi connectivity index (χ0v) is 21.4. The van der Waals surface area contributed by atoms with Crippen LogP contribution in [0.1, 0.15) is 33.6 Å². The molecule has 0 saturated carbocycles. The molecule has 0 aliphatic rings. The minimum absolute atomic E-state index is 0.437. The summed E-state index contributed by atoms with van der Waals surface area (Å²) in [5, 5.41) is 8.66. The van der Waals surface area contributed by atoms with Crippen LogP contribution in [-0.2, 0) is 19.5 Å². The minimum Gasteiger partial charge on any atom is -0.497 e. The predicted molar refractivity (Wildman–Crippen MR) is 136 cm³/mol. The van der Waals surface area contributed by atoms with E-state index in [2.05, 4.69) is 49.3 Å². The number of ether oxygens (including phenoxy) is 2. The molecule has 1 heterocycles. The van der Waals surface area contributed by atoms with Crippen molar-refractivity contribution in [2.75, 3.05) is 21.3 Å². The largest absolute Gasteiger partial charge is 0.497 e. The molecule has 0 bridgehead atoms. The fourth-order valence-corrected chi connectivity index (χ4v) is 5.52. The average molecular weight is 475 g/mol. The fraction of sp³-hybridized carbons (Fsp3) is 0.400. The first-order chi connectivity index (χ1) is 15.5. The monoisotopic (exact) mass is 474 g/mol. The van der Waals surface area contributed by atoms with Gasteiger partial charge in [-0.2, -0.15) is 0 Å². The summed E-state index contributed by atoms with van der Waals surface area (Å²) in [6.07, 6.45) is 0.978. The quantitative estimate of drug-likeness (QED) is 0.382. The van der Waals surface area contributed by atoms with Crippen molar-refractivity contribution >= 4 is 23.3 Å². The third-order valence-electron chi connectivity index (χ3n) is 4.90. The Labute approximate surface area is 200 Å². The molecule has 0 aliphatic carbocycles.